The Bertz CT molecular complexity index is 669. The second kappa shape index (κ2) is 8.78. The Balaban J connectivity index is 1.88. The number of hydrogen-bond acceptors (Lipinski definition) is 6. The topological polar surface area (TPSA) is 93.4 Å². The molecule has 2 rings (SSSR count). The molecule has 0 bridgehead atoms. The van der Waals surface area contributed by atoms with Crippen molar-refractivity contribution in [1.82, 2.24) is 15.0 Å². The third-order valence-corrected chi connectivity index (χ3v) is 6.25. The van der Waals surface area contributed by atoms with E-state index in [0.29, 0.717) is 43.9 Å². The summed E-state index contributed by atoms with van der Waals surface area (Å²) in [5.41, 5.74) is 0. The molecule has 142 valence electrons. The standard InChI is InChI=1S/C17H29N3O4S/c1-4-5-10-20(14-9-11-25(22,23)12-14)16(21)8-6-7-15-18-17(13(2)3)19-24-15/h13-14H,4-12H2,1-3H3. The van der Waals surface area contributed by atoms with Crippen molar-refractivity contribution in [3.05, 3.63) is 11.7 Å². The highest BCUT2D eigenvalue weighted by atomic mass is 32.2. The van der Waals surface area contributed by atoms with Gasteiger partial charge in [0.1, 0.15) is 0 Å². The van der Waals surface area contributed by atoms with E-state index >= 15 is 0 Å². The maximum atomic E-state index is 12.6. The summed E-state index contributed by atoms with van der Waals surface area (Å²) >= 11 is 0. The van der Waals surface area contributed by atoms with Gasteiger partial charge in [-0.15, -0.1) is 0 Å². The summed E-state index contributed by atoms with van der Waals surface area (Å²) in [5, 5.41) is 3.92. The predicted octanol–water partition coefficient (Wildman–Crippen LogP) is 2.33. The predicted molar refractivity (Wildman–Crippen MR) is 95.0 cm³/mol. The maximum absolute atomic E-state index is 12.6. The van der Waals surface area contributed by atoms with Gasteiger partial charge >= 0.3 is 0 Å². The number of amides is 1. The molecule has 1 aliphatic rings. The first-order valence-electron chi connectivity index (χ1n) is 9.14. The van der Waals surface area contributed by atoms with Gasteiger partial charge in [-0.05, 0) is 19.3 Å². The van der Waals surface area contributed by atoms with Crippen molar-refractivity contribution in [2.45, 2.75) is 71.3 Å². The zero-order chi connectivity index (χ0) is 18.4. The average molecular weight is 372 g/mol. The molecular formula is C17H29N3O4S. The van der Waals surface area contributed by atoms with Crippen LogP contribution in [0, 0.1) is 0 Å². The largest absolute Gasteiger partial charge is 0.339 e. The first kappa shape index (κ1) is 19.9. The van der Waals surface area contributed by atoms with Gasteiger partial charge in [0.15, 0.2) is 15.7 Å². The minimum absolute atomic E-state index is 0.0270. The van der Waals surface area contributed by atoms with E-state index < -0.39 is 9.84 Å². The Hall–Kier alpha value is -1.44. The van der Waals surface area contributed by atoms with Gasteiger partial charge in [0.25, 0.3) is 0 Å². The fourth-order valence-electron chi connectivity index (χ4n) is 3.00. The SMILES string of the molecule is CCCCN(C(=O)CCCc1nc(C(C)C)no1)C1CCS(=O)(=O)C1. The third kappa shape index (κ3) is 5.80. The van der Waals surface area contributed by atoms with Crippen molar-refractivity contribution in [1.29, 1.82) is 0 Å². The summed E-state index contributed by atoms with van der Waals surface area (Å²) in [4.78, 5) is 18.7. The van der Waals surface area contributed by atoms with Crippen molar-refractivity contribution in [3.63, 3.8) is 0 Å². The lowest BCUT2D eigenvalue weighted by Gasteiger charge is -2.28. The minimum atomic E-state index is -3.00. The second-order valence-corrected chi connectivity index (χ2v) is 9.28. The van der Waals surface area contributed by atoms with E-state index in [1.807, 2.05) is 13.8 Å². The number of aromatic nitrogens is 2. The quantitative estimate of drug-likeness (QED) is 0.661. The van der Waals surface area contributed by atoms with Gasteiger partial charge in [-0.25, -0.2) is 8.42 Å². The Labute approximate surface area is 150 Å². The molecule has 0 aliphatic carbocycles. The molecule has 1 amide bonds. The van der Waals surface area contributed by atoms with Crippen LogP contribution in [0.25, 0.3) is 0 Å². The molecule has 0 saturated carbocycles. The first-order chi connectivity index (χ1) is 11.8. The molecular weight excluding hydrogens is 342 g/mol. The first-order valence-corrected chi connectivity index (χ1v) is 11.0. The lowest BCUT2D eigenvalue weighted by Crippen LogP contribution is -2.41. The van der Waals surface area contributed by atoms with Crippen molar-refractivity contribution in [2.75, 3.05) is 18.1 Å². The number of aryl methyl sites for hydroxylation is 1. The highest BCUT2D eigenvalue weighted by molar-refractivity contribution is 7.91. The molecule has 1 fully saturated rings. The molecule has 1 unspecified atom stereocenters. The summed E-state index contributed by atoms with van der Waals surface area (Å²) in [6.45, 7) is 6.70. The van der Waals surface area contributed by atoms with Gasteiger partial charge < -0.3 is 9.42 Å². The van der Waals surface area contributed by atoms with Crippen LogP contribution in [0.5, 0.6) is 0 Å². The maximum Gasteiger partial charge on any atom is 0.226 e. The van der Waals surface area contributed by atoms with Crippen LogP contribution in [-0.2, 0) is 21.1 Å². The highest BCUT2D eigenvalue weighted by Crippen LogP contribution is 2.20. The van der Waals surface area contributed by atoms with E-state index in [2.05, 4.69) is 17.1 Å². The summed E-state index contributed by atoms with van der Waals surface area (Å²) in [6.07, 6.45) is 3.99. The van der Waals surface area contributed by atoms with Gasteiger partial charge in [-0.1, -0.05) is 32.3 Å². The van der Waals surface area contributed by atoms with Crippen LogP contribution in [0.1, 0.15) is 70.5 Å². The zero-order valence-electron chi connectivity index (χ0n) is 15.4. The molecule has 7 nitrogen and oxygen atoms in total. The van der Waals surface area contributed by atoms with Crippen LogP contribution < -0.4 is 0 Å². The number of sulfone groups is 1. The number of nitrogens with zero attached hydrogens (tertiary/aromatic N) is 3. The van der Waals surface area contributed by atoms with Gasteiger partial charge in [0, 0.05) is 31.3 Å². The Morgan fingerprint density at radius 2 is 2.12 bits per heavy atom. The van der Waals surface area contributed by atoms with Crippen LogP contribution >= 0.6 is 0 Å². The van der Waals surface area contributed by atoms with E-state index in [1.165, 1.54) is 0 Å². The highest BCUT2D eigenvalue weighted by Gasteiger charge is 2.34. The molecule has 0 N–H and O–H groups in total. The lowest BCUT2D eigenvalue weighted by atomic mass is 10.1. The molecule has 0 aromatic carbocycles. The molecule has 1 aromatic heterocycles. The van der Waals surface area contributed by atoms with Gasteiger partial charge in [-0.3, -0.25) is 4.79 Å². The molecule has 0 spiro atoms. The zero-order valence-corrected chi connectivity index (χ0v) is 16.2. The van der Waals surface area contributed by atoms with E-state index in [1.54, 1.807) is 4.90 Å². The van der Waals surface area contributed by atoms with Crippen LogP contribution in [-0.4, -0.2) is 53.5 Å². The van der Waals surface area contributed by atoms with E-state index in [0.717, 1.165) is 12.8 Å². The van der Waals surface area contributed by atoms with E-state index in [4.69, 9.17) is 4.52 Å². The van der Waals surface area contributed by atoms with Crippen LogP contribution in [0.15, 0.2) is 4.52 Å². The molecule has 1 aliphatic heterocycles. The number of carbonyl (C=O) groups is 1. The average Bonchev–Trinajstić information content (AvgIpc) is 3.14. The van der Waals surface area contributed by atoms with Crippen LogP contribution in [0.2, 0.25) is 0 Å². The van der Waals surface area contributed by atoms with Gasteiger partial charge in [0.2, 0.25) is 11.8 Å². The normalized spacial score (nSPS) is 19.4. The fraction of sp³-hybridized carbons (Fsp3) is 0.824. The fourth-order valence-corrected chi connectivity index (χ4v) is 4.73. The molecule has 2 heterocycles. The van der Waals surface area contributed by atoms with Crippen molar-refractivity contribution in [2.24, 2.45) is 0 Å². The number of hydrogen-bond donors (Lipinski definition) is 0. The van der Waals surface area contributed by atoms with E-state index in [-0.39, 0.29) is 29.4 Å². The summed E-state index contributed by atoms with van der Waals surface area (Å²) in [5.74, 6) is 1.77. The molecule has 8 heteroatoms. The Morgan fingerprint density at radius 3 is 2.68 bits per heavy atom. The van der Waals surface area contributed by atoms with Crippen molar-refractivity contribution >= 4 is 15.7 Å². The minimum Gasteiger partial charge on any atom is -0.339 e. The molecule has 25 heavy (non-hydrogen) atoms. The molecule has 1 atom stereocenters. The number of carbonyl (C=O) groups excluding carboxylic acids is 1. The number of unbranched alkanes of at least 4 members (excludes halogenated alkanes) is 1. The van der Waals surface area contributed by atoms with E-state index in [9.17, 15) is 13.2 Å². The van der Waals surface area contributed by atoms with Gasteiger partial charge in [0.05, 0.1) is 11.5 Å². The molecule has 0 radical (unpaired) electrons. The van der Waals surface area contributed by atoms with Crippen molar-refractivity contribution in [3.8, 4) is 0 Å². The van der Waals surface area contributed by atoms with Crippen LogP contribution in [0.4, 0.5) is 0 Å². The smallest absolute Gasteiger partial charge is 0.226 e. The monoisotopic (exact) mass is 371 g/mol. The van der Waals surface area contributed by atoms with Gasteiger partial charge in [-0.2, -0.15) is 4.98 Å². The third-order valence-electron chi connectivity index (χ3n) is 4.50. The molecule has 1 saturated heterocycles. The van der Waals surface area contributed by atoms with Crippen molar-refractivity contribution < 1.29 is 17.7 Å². The Morgan fingerprint density at radius 1 is 1.36 bits per heavy atom. The summed E-state index contributed by atoms with van der Waals surface area (Å²) in [7, 11) is -3.00. The summed E-state index contributed by atoms with van der Waals surface area (Å²) in [6, 6.07) is -0.167. The molecule has 1 aromatic rings. The second-order valence-electron chi connectivity index (χ2n) is 7.05. The lowest BCUT2D eigenvalue weighted by molar-refractivity contribution is -0.133. The Kier molecular flexibility index (Phi) is 6.98. The number of rotatable bonds is 9. The summed E-state index contributed by atoms with van der Waals surface area (Å²) < 4.78 is 28.7. The van der Waals surface area contributed by atoms with Crippen LogP contribution in [0.3, 0.4) is 0 Å².